The van der Waals surface area contributed by atoms with Crippen LogP contribution in [-0.4, -0.2) is 59.5 Å². The number of hydrogen-bond donors (Lipinski definition) is 3. The Morgan fingerprint density at radius 1 is 0.723 bits per heavy atom. The van der Waals surface area contributed by atoms with E-state index in [-0.39, 0.29) is 25.1 Å². The molecule has 0 bridgehead atoms. The lowest BCUT2D eigenvalue weighted by atomic mass is 10.1. The van der Waals surface area contributed by atoms with E-state index in [0.29, 0.717) is 5.56 Å². The van der Waals surface area contributed by atoms with Gasteiger partial charge in [0, 0.05) is 12.1 Å². The number of anilines is 1. The Labute approximate surface area is 270 Å². The van der Waals surface area contributed by atoms with Gasteiger partial charge in [-0.25, -0.2) is 4.79 Å². The second-order valence-electron chi connectivity index (χ2n) is 12.3. The minimum Gasteiger partial charge on any atom is -0.460 e. The average molecular weight is 668 g/mol. The van der Waals surface area contributed by atoms with Crippen LogP contribution in [0.5, 0.6) is 5.75 Å². The van der Waals surface area contributed by atoms with Crippen molar-refractivity contribution < 1.29 is 56.1 Å². The van der Waals surface area contributed by atoms with Crippen molar-refractivity contribution in [2.24, 2.45) is 0 Å². The fourth-order valence-electron chi connectivity index (χ4n) is 3.83. The summed E-state index contributed by atoms with van der Waals surface area (Å²) in [4.78, 5) is 64.4. The molecule has 0 aliphatic carbocycles. The summed E-state index contributed by atoms with van der Waals surface area (Å²) >= 11 is 0. The van der Waals surface area contributed by atoms with E-state index in [1.54, 1.807) is 71.9 Å². The Balaban J connectivity index is 2.25. The zero-order valence-corrected chi connectivity index (χ0v) is 27.0. The lowest BCUT2D eigenvalue weighted by molar-refractivity contribution is -0.274. The van der Waals surface area contributed by atoms with Crippen molar-refractivity contribution in [1.29, 1.82) is 0 Å². The smallest absolute Gasteiger partial charge is 0.460 e. The highest BCUT2D eigenvalue weighted by atomic mass is 19.4. The average Bonchev–Trinajstić information content (AvgIpc) is 2.92. The third-order valence-electron chi connectivity index (χ3n) is 5.66. The van der Waals surface area contributed by atoms with Crippen molar-refractivity contribution in [3.63, 3.8) is 0 Å². The molecule has 2 rings (SSSR count). The van der Waals surface area contributed by atoms with Crippen molar-refractivity contribution in [3.8, 4) is 5.75 Å². The second kappa shape index (κ2) is 16.7. The Morgan fingerprint density at radius 3 is 1.85 bits per heavy atom. The number of alkyl halides is 3. The highest BCUT2D eigenvalue weighted by Crippen LogP contribution is 2.24. The number of nitrogens with one attached hydrogen (secondary N) is 3. The Morgan fingerprint density at radius 2 is 1.30 bits per heavy atom. The van der Waals surface area contributed by atoms with Crippen molar-refractivity contribution in [2.45, 2.75) is 97.1 Å². The zero-order valence-electron chi connectivity index (χ0n) is 27.0. The summed E-state index contributed by atoms with van der Waals surface area (Å²) in [6, 6.07) is 9.91. The van der Waals surface area contributed by atoms with E-state index in [9.17, 15) is 37.1 Å². The molecule has 0 saturated carbocycles. The molecule has 3 N–H and O–H groups in total. The van der Waals surface area contributed by atoms with Crippen LogP contribution in [0.1, 0.15) is 66.4 Å². The van der Waals surface area contributed by atoms with Crippen molar-refractivity contribution in [1.82, 2.24) is 10.6 Å². The fraction of sp³-hybridized carbons (Fsp3) is 0.469. The molecular weight excluding hydrogens is 627 g/mol. The molecule has 0 saturated heterocycles. The van der Waals surface area contributed by atoms with E-state index in [1.807, 2.05) is 0 Å². The highest BCUT2D eigenvalue weighted by Gasteiger charge is 2.33. The summed E-state index contributed by atoms with van der Waals surface area (Å²) in [5, 5.41) is 7.20. The van der Waals surface area contributed by atoms with E-state index in [1.165, 1.54) is 0 Å². The van der Waals surface area contributed by atoms with Crippen molar-refractivity contribution in [3.05, 3.63) is 60.2 Å². The number of hydrogen-bond acceptors (Lipinski definition) is 9. The fourth-order valence-corrected chi connectivity index (χ4v) is 3.83. The van der Waals surface area contributed by atoms with Crippen molar-refractivity contribution >= 4 is 35.5 Å². The zero-order chi connectivity index (χ0) is 35.4. The Kier molecular flexibility index (Phi) is 13.6. The van der Waals surface area contributed by atoms with Gasteiger partial charge in [0.25, 0.3) is 0 Å². The summed E-state index contributed by atoms with van der Waals surface area (Å²) < 4.78 is 57.2. The number of alkyl carbamates (subject to hydrolysis) is 1. The lowest BCUT2D eigenvalue weighted by Crippen LogP contribution is -2.53. The maximum atomic E-state index is 13.5. The van der Waals surface area contributed by atoms with Crippen LogP contribution in [-0.2, 0) is 40.0 Å². The summed E-state index contributed by atoms with van der Waals surface area (Å²) in [7, 11) is 0. The first kappa shape index (κ1) is 38.4. The molecule has 0 heterocycles. The van der Waals surface area contributed by atoms with E-state index < -0.39 is 71.7 Å². The van der Waals surface area contributed by atoms with Crippen LogP contribution in [0.15, 0.2) is 54.6 Å². The molecule has 2 aromatic carbocycles. The van der Waals surface area contributed by atoms with Crippen LogP contribution < -0.4 is 20.7 Å². The number of ether oxygens (including phenoxy) is 4. The van der Waals surface area contributed by atoms with Gasteiger partial charge >= 0.3 is 24.4 Å². The van der Waals surface area contributed by atoms with Crippen LogP contribution in [0.4, 0.5) is 23.7 Å². The molecule has 0 aliphatic heterocycles. The first-order valence-corrected chi connectivity index (χ1v) is 14.6. The molecule has 0 aliphatic rings. The molecule has 2 atom stereocenters. The van der Waals surface area contributed by atoms with Gasteiger partial charge in [-0.3, -0.25) is 19.2 Å². The first-order valence-electron chi connectivity index (χ1n) is 14.6. The predicted octanol–water partition coefficient (Wildman–Crippen LogP) is 5.16. The van der Waals surface area contributed by atoms with Crippen LogP contribution >= 0.6 is 0 Å². The van der Waals surface area contributed by atoms with Gasteiger partial charge in [-0.15, -0.1) is 13.2 Å². The van der Waals surface area contributed by atoms with E-state index in [0.717, 1.165) is 24.3 Å². The van der Waals surface area contributed by atoms with Gasteiger partial charge < -0.3 is 34.9 Å². The van der Waals surface area contributed by atoms with Gasteiger partial charge in [0.15, 0.2) is 0 Å². The first-order chi connectivity index (χ1) is 21.7. The number of rotatable bonds is 13. The topological polar surface area (TPSA) is 158 Å². The summed E-state index contributed by atoms with van der Waals surface area (Å²) in [6.07, 6.45) is -7.19. The number of amides is 3. The summed E-state index contributed by atoms with van der Waals surface area (Å²) in [5.41, 5.74) is -1.04. The van der Waals surface area contributed by atoms with Gasteiger partial charge in [0.05, 0.1) is 6.42 Å². The van der Waals surface area contributed by atoms with E-state index in [2.05, 4.69) is 20.7 Å². The van der Waals surface area contributed by atoms with Gasteiger partial charge in [-0.2, -0.15) is 0 Å². The molecule has 0 fully saturated rings. The highest BCUT2D eigenvalue weighted by molar-refractivity contribution is 5.99. The lowest BCUT2D eigenvalue weighted by Gasteiger charge is -2.25. The molecule has 3 amide bonds. The van der Waals surface area contributed by atoms with Crippen LogP contribution in [0, 0.1) is 0 Å². The Hall–Kier alpha value is -4.82. The Bertz CT molecular complexity index is 1370. The molecule has 0 aromatic heterocycles. The van der Waals surface area contributed by atoms with Crippen LogP contribution in [0.2, 0.25) is 0 Å². The molecule has 12 nitrogen and oxygen atoms in total. The summed E-state index contributed by atoms with van der Waals surface area (Å²) in [5.74, 6) is -3.87. The largest absolute Gasteiger partial charge is 0.573 e. The third-order valence-corrected chi connectivity index (χ3v) is 5.66. The standard InChI is InChI=1S/C32H40F3N3O9/c1-30(2,3)46-25(39)17-16-23(27(41)36-21-12-14-22(15-13-21)45-32(33,34)35)37-28(42)24(18-26(40)47-31(4,5)6)38-29(43)44-19-20-10-8-7-9-11-20/h7-15,23-24H,16-19H2,1-6H3,(H,36,41)(H,37,42)(H,38,43)/t23-,24-/m0/s1. The molecule has 0 spiro atoms. The number of esters is 2. The maximum Gasteiger partial charge on any atom is 0.573 e. The number of carbonyl (C=O) groups excluding carboxylic acids is 5. The number of halogens is 3. The van der Waals surface area contributed by atoms with Crippen molar-refractivity contribution in [2.75, 3.05) is 5.32 Å². The molecule has 0 radical (unpaired) electrons. The van der Waals surface area contributed by atoms with Crippen LogP contribution in [0.25, 0.3) is 0 Å². The molecule has 15 heteroatoms. The maximum absolute atomic E-state index is 13.5. The summed E-state index contributed by atoms with van der Waals surface area (Å²) in [6.45, 7) is 9.63. The van der Waals surface area contributed by atoms with Gasteiger partial charge in [-0.1, -0.05) is 30.3 Å². The van der Waals surface area contributed by atoms with E-state index >= 15 is 0 Å². The molecule has 258 valence electrons. The normalized spacial score (nSPS) is 13.0. The van der Waals surface area contributed by atoms with Gasteiger partial charge in [-0.05, 0) is 77.8 Å². The third kappa shape index (κ3) is 16.3. The SMILES string of the molecule is CC(C)(C)OC(=O)CC[C@H](NC(=O)[C@H](CC(=O)OC(C)(C)C)NC(=O)OCc1ccccc1)C(=O)Nc1ccc(OC(F)(F)F)cc1. The van der Waals surface area contributed by atoms with Gasteiger partial charge in [0.2, 0.25) is 11.8 Å². The quantitative estimate of drug-likeness (QED) is 0.194. The van der Waals surface area contributed by atoms with Crippen LogP contribution in [0.3, 0.4) is 0 Å². The molecule has 2 aromatic rings. The minimum atomic E-state index is -4.92. The molecule has 47 heavy (non-hydrogen) atoms. The second-order valence-corrected chi connectivity index (χ2v) is 12.3. The minimum absolute atomic E-state index is 0.0500. The number of carbonyl (C=O) groups is 5. The monoisotopic (exact) mass is 667 g/mol. The molecule has 0 unspecified atom stereocenters. The number of benzene rings is 2. The molecular formula is C32H40F3N3O9. The van der Waals surface area contributed by atoms with Gasteiger partial charge in [0.1, 0.15) is 35.6 Å². The predicted molar refractivity (Wildman–Crippen MR) is 163 cm³/mol. The van der Waals surface area contributed by atoms with E-state index in [4.69, 9.17) is 14.2 Å².